The molecule has 2 heterocycles. The van der Waals surface area contributed by atoms with Gasteiger partial charge in [-0.3, -0.25) is 9.36 Å². The molecule has 6 heteroatoms. The lowest BCUT2D eigenvalue weighted by molar-refractivity contribution is 0.480. The molecule has 0 aliphatic heterocycles. The standard InChI is InChI=1S/C25H26FN3OS/c1-17(2)13-14-29-24(30)23-22(21(15-28(23)3)19-7-5-4-6-8-19)27-25(29)31-16-18-9-11-20(26)12-10-18/h4-12,15,17H,13-14,16H2,1-3H3. The summed E-state index contributed by atoms with van der Waals surface area (Å²) in [4.78, 5) is 18.5. The summed E-state index contributed by atoms with van der Waals surface area (Å²) in [7, 11) is 1.90. The maximum Gasteiger partial charge on any atom is 0.278 e. The number of aryl methyl sites for hydroxylation is 1. The molecule has 4 aromatic rings. The number of benzene rings is 2. The molecule has 160 valence electrons. The van der Waals surface area contributed by atoms with Crippen molar-refractivity contribution in [1.29, 1.82) is 0 Å². The lowest BCUT2D eigenvalue weighted by Crippen LogP contribution is -2.25. The molecule has 0 aliphatic carbocycles. The molecular weight excluding hydrogens is 409 g/mol. The Labute approximate surface area is 185 Å². The summed E-state index contributed by atoms with van der Waals surface area (Å²) >= 11 is 1.52. The monoisotopic (exact) mass is 435 g/mol. The van der Waals surface area contributed by atoms with Crippen LogP contribution < -0.4 is 5.56 Å². The first-order valence-electron chi connectivity index (χ1n) is 10.5. The van der Waals surface area contributed by atoms with Gasteiger partial charge in [-0.25, -0.2) is 9.37 Å². The van der Waals surface area contributed by atoms with Crippen LogP contribution in [-0.2, 0) is 19.3 Å². The first-order valence-corrected chi connectivity index (χ1v) is 11.4. The molecule has 0 N–H and O–H groups in total. The first kappa shape index (κ1) is 21.4. The van der Waals surface area contributed by atoms with Gasteiger partial charge in [0.2, 0.25) is 0 Å². The number of nitrogens with zero attached hydrogens (tertiary/aromatic N) is 3. The first-order chi connectivity index (χ1) is 14.9. The number of hydrogen-bond donors (Lipinski definition) is 0. The summed E-state index contributed by atoms with van der Waals surface area (Å²) < 4.78 is 16.9. The molecule has 0 bridgehead atoms. The number of thioether (sulfide) groups is 1. The van der Waals surface area contributed by atoms with Crippen molar-refractivity contribution >= 4 is 22.8 Å². The third-order valence-electron chi connectivity index (χ3n) is 5.34. The Kier molecular flexibility index (Phi) is 6.28. The Morgan fingerprint density at radius 3 is 2.45 bits per heavy atom. The normalized spacial score (nSPS) is 11.5. The van der Waals surface area contributed by atoms with Crippen LogP contribution >= 0.6 is 11.8 Å². The molecule has 0 radical (unpaired) electrons. The van der Waals surface area contributed by atoms with Gasteiger partial charge in [-0.15, -0.1) is 0 Å². The summed E-state index contributed by atoms with van der Waals surface area (Å²) in [6.45, 7) is 4.92. The van der Waals surface area contributed by atoms with E-state index in [4.69, 9.17) is 4.98 Å². The van der Waals surface area contributed by atoms with Gasteiger partial charge in [0, 0.05) is 31.1 Å². The molecule has 0 saturated carbocycles. The molecule has 0 spiro atoms. The van der Waals surface area contributed by atoms with E-state index in [1.54, 1.807) is 16.7 Å². The van der Waals surface area contributed by atoms with Gasteiger partial charge < -0.3 is 4.57 Å². The molecule has 0 atom stereocenters. The quantitative estimate of drug-likeness (QED) is 0.269. The number of halogens is 1. The van der Waals surface area contributed by atoms with Gasteiger partial charge in [0.05, 0.1) is 0 Å². The highest BCUT2D eigenvalue weighted by Gasteiger charge is 2.19. The predicted molar refractivity (Wildman–Crippen MR) is 126 cm³/mol. The summed E-state index contributed by atoms with van der Waals surface area (Å²) in [6.07, 6.45) is 2.88. The van der Waals surface area contributed by atoms with Crippen LogP contribution in [0.4, 0.5) is 4.39 Å². The van der Waals surface area contributed by atoms with E-state index in [-0.39, 0.29) is 11.4 Å². The molecule has 0 unspecified atom stereocenters. The molecule has 2 aromatic carbocycles. The molecule has 31 heavy (non-hydrogen) atoms. The predicted octanol–water partition coefficient (Wildman–Crippen LogP) is 5.88. The van der Waals surface area contributed by atoms with Gasteiger partial charge in [0.25, 0.3) is 5.56 Å². The van der Waals surface area contributed by atoms with E-state index in [1.807, 2.05) is 48.1 Å². The Morgan fingerprint density at radius 1 is 1.06 bits per heavy atom. The number of rotatable bonds is 7. The zero-order chi connectivity index (χ0) is 22.0. The Bertz CT molecular complexity index is 1240. The van der Waals surface area contributed by atoms with Crippen LogP contribution in [0.1, 0.15) is 25.8 Å². The van der Waals surface area contributed by atoms with E-state index >= 15 is 0 Å². The minimum atomic E-state index is -0.251. The van der Waals surface area contributed by atoms with Crippen molar-refractivity contribution in [3.8, 4) is 11.1 Å². The molecular formula is C25H26FN3OS. The van der Waals surface area contributed by atoms with Crippen molar-refractivity contribution < 1.29 is 4.39 Å². The summed E-state index contributed by atoms with van der Waals surface area (Å²) in [5.41, 5.74) is 4.31. The van der Waals surface area contributed by atoms with Gasteiger partial charge >= 0.3 is 0 Å². The van der Waals surface area contributed by atoms with Crippen LogP contribution in [-0.4, -0.2) is 14.1 Å². The van der Waals surface area contributed by atoms with Crippen molar-refractivity contribution in [3.05, 3.63) is 82.5 Å². The highest BCUT2D eigenvalue weighted by atomic mass is 32.2. The molecule has 2 aromatic heterocycles. The second-order valence-electron chi connectivity index (χ2n) is 8.17. The van der Waals surface area contributed by atoms with E-state index in [2.05, 4.69) is 13.8 Å². The Morgan fingerprint density at radius 2 is 1.77 bits per heavy atom. The summed E-state index contributed by atoms with van der Waals surface area (Å²) in [6, 6.07) is 16.5. The van der Waals surface area contributed by atoms with Crippen LogP contribution in [0.2, 0.25) is 0 Å². The highest BCUT2D eigenvalue weighted by Crippen LogP contribution is 2.30. The lowest BCUT2D eigenvalue weighted by Gasteiger charge is -2.14. The van der Waals surface area contributed by atoms with Crippen LogP contribution in [0.15, 0.2) is 70.7 Å². The van der Waals surface area contributed by atoms with Crippen LogP contribution in [0, 0.1) is 11.7 Å². The maximum absolute atomic E-state index is 13.5. The average molecular weight is 436 g/mol. The second kappa shape index (κ2) is 9.10. The van der Waals surface area contributed by atoms with Crippen LogP contribution in [0.5, 0.6) is 0 Å². The Hall–Kier alpha value is -2.86. The zero-order valence-electron chi connectivity index (χ0n) is 18.0. The van der Waals surface area contributed by atoms with Crippen molar-refractivity contribution in [1.82, 2.24) is 14.1 Å². The topological polar surface area (TPSA) is 39.8 Å². The van der Waals surface area contributed by atoms with Crippen molar-refractivity contribution in [2.24, 2.45) is 13.0 Å². The number of fused-ring (bicyclic) bond motifs is 1. The summed E-state index contributed by atoms with van der Waals surface area (Å²) in [5.74, 6) is 0.845. The highest BCUT2D eigenvalue weighted by molar-refractivity contribution is 7.98. The van der Waals surface area contributed by atoms with E-state index in [0.29, 0.717) is 28.9 Å². The zero-order valence-corrected chi connectivity index (χ0v) is 18.8. The van der Waals surface area contributed by atoms with Gasteiger partial charge in [-0.1, -0.05) is 68.1 Å². The third kappa shape index (κ3) is 4.59. The van der Waals surface area contributed by atoms with E-state index < -0.39 is 0 Å². The third-order valence-corrected chi connectivity index (χ3v) is 6.38. The van der Waals surface area contributed by atoms with Gasteiger partial charge in [0.15, 0.2) is 5.16 Å². The van der Waals surface area contributed by atoms with Crippen molar-refractivity contribution in [2.45, 2.75) is 37.7 Å². The van der Waals surface area contributed by atoms with E-state index in [9.17, 15) is 9.18 Å². The minimum Gasteiger partial charge on any atom is -0.344 e. The summed E-state index contributed by atoms with van der Waals surface area (Å²) in [5, 5.41) is 0.700. The van der Waals surface area contributed by atoms with Gasteiger partial charge in [-0.05, 0) is 35.6 Å². The fourth-order valence-electron chi connectivity index (χ4n) is 3.60. The van der Waals surface area contributed by atoms with Gasteiger partial charge in [0.1, 0.15) is 16.9 Å². The van der Waals surface area contributed by atoms with E-state index in [0.717, 1.165) is 28.6 Å². The molecule has 0 fully saturated rings. The second-order valence-corrected chi connectivity index (χ2v) is 9.11. The lowest BCUT2D eigenvalue weighted by atomic mass is 10.1. The average Bonchev–Trinajstić information content (AvgIpc) is 3.09. The van der Waals surface area contributed by atoms with Crippen molar-refractivity contribution in [3.63, 3.8) is 0 Å². The maximum atomic E-state index is 13.5. The van der Waals surface area contributed by atoms with Gasteiger partial charge in [-0.2, -0.15) is 0 Å². The minimum absolute atomic E-state index is 0.0167. The SMILES string of the molecule is CC(C)CCn1c(SCc2ccc(F)cc2)nc2c(-c3ccccc3)cn(C)c2c1=O. The smallest absolute Gasteiger partial charge is 0.278 e. The molecule has 4 rings (SSSR count). The molecule has 4 nitrogen and oxygen atoms in total. The van der Waals surface area contributed by atoms with Crippen LogP contribution in [0.25, 0.3) is 22.2 Å². The largest absolute Gasteiger partial charge is 0.344 e. The Balaban J connectivity index is 1.81. The number of aromatic nitrogens is 3. The number of hydrogen-bond acceptors (Lipinski definition) is 3. The van der Waals surface area contributed by atoms with Crippen LogP contribution in [0.3, 0.4) is 0 Å². The molecule has 0 aliphatic rings. The fraction of sp³-hybridized carbons (Fsp3) is 0.280. The van der Waals surface area contributed by atoms with Crippen molar-refractivity contribution in [2.75, 3.05) is 0 Å². The van der Waals surface area contributed by atoms with E-state index in [1.165, 1.54) is 23.9 Å². The molecule has 0 amide bonds. The fourth-order valence-corrected chi connectivity index (χ4v) is 4.58. The molecule has 0 saturated heterocycles.